The number of hydrogen-bond acceptors (Lipinski definition) is 2. The molecule has 2 heteroatoms. The van der Waals surface area contributed by atoms with E-state index in [1.807, 2.05) is 6.92 Å². The maximum atomic E-state index is 12.0. The Hall–Kier alpha value is -0.370. The summed E-state index contributed by atoms with van der Waals surface area (Å²) in [5, 5.41) is 0. The fourth-order valence-electron chi connectivity index (χ4n) is 2.13. The molecule has 1 atom stereocenters. The number of unbranched alkanes of at least 4 members (excludes halogenated alkanes) is 3. The van der Waals surface area contributed by atoms with Crippen LogP contribution in [0.15, 0.2) is 0 Å². The maximum Gasteiger partial charge on any atom is 0.164 e. The van der Waals surface area contributed by atoms with E-state index in [9.17, 15) is 4.79 Å². The highest BCUT2D eigenvalue weighted by Gasteiger charge is 2.34. The van der Waals surface area contributed by atoms with Gasteiger partial charge in [0.05, 0.1) is 0 Å². The van der Waals surface area contributed by atoms with Crippen LogP contribution in [0, 0.1) is 0 Å². The molecule has 1 aliphatic rings. The predicted molar refractivity (Wildman–Crippen MR) is 62.0 cm³/mol. The highest BCUT2D eigenvalue weighted by Crippen LogP contribution is 2.27. The van der Waals surface area contributed by atoms with Gasteiger partial charge in [-0.2, -0.15) is 0 Å². The van der Waals surface area contributed by atoms with Crippen molar-refractivity contribution >= 4 is 5.78 Å². The van der Waals surface area contributed by atoms with Gasteiger partial charge in [-0.15, -0.1) is 0 Å². The lowest BCUT2D eigenvalue weighted by atomic mass is 9.89. The number of hydrogen-bond donors (Lipinski definition) is 0. The highest BCUT2D eigenvalue weighted by molar-refractivity contribution is 5.86. The zero-order valence-electron chi connectivity index (χ0n) is 10.2. The average molecular weight is 212 g/mol. The summed E-state index contributed by atoms with van der Waals surface area (Å²) in [5.41, 5.74) is -0.454. The number of Topliss-reactive ketones (excluding diaryl/α,β-unsaturated/α-hetero) is 1. The molecule has 1 rings (SSSR count). The molecule has 0 radical (unpaired) electrons. The minimum absolute atomic E-state index is 0.318. The normalized spacial score (nSPS) is 26.5. The molecule has 1 unspecified atom stereocenters. The summed E-state index contributed by atoms with van der Waals surface area (Å²) >= 11 is 0. The van der Waals surface area contributed by atoms with Crippen molar-refractivity contribution in [3.63, 3.8) is 0 Å². The first-order valence-electron chi connectivity index (χ1n) is 6.36. The van der Waals surface area contributed by atoms with Gasteiger partial charge >= 0.3 is 0 Å². The summed E-state index contributed by atoms with van der Waals surface area (Å²) in [6.45, 7) is 4.92. The fraction of sp³-hybridized carbons (Fsp3) is 0.923. The number of carbonyl (C=O) groups excluding carboxylic acids is 1. The van der Waals surface area contributed by atoms with Crippen molar-refractivity contribution in [2.45, 2.75) is 70.8 Å². The topological polar surface area (TPSA) is 26.3 Å². The predicted octanol–water partition coefficient (Wildman–Crippen LogP) is 3.49. The first-order valence-corrected chi connectivity index (χ1v) is 6.36. The lowest BCUT2D eigenvalue weighted by Crippen LogP contribution is -2.41. The van der Waals surface area contributed by atoms with Crippen molar-refractivity contribution in [1.29, 1.82) is 0 Å². The zero-order chi connectivity index (χ0) is 11.1. The van der Waals surface area contributed by atoms with Crippen LogP contribution in [0.5, 0.6) is 0 Å². The Morgan fingerprint density at radius 1 is 1.27 bits per heavy atom. The summed E-state index contributed by atoms with van der Waals surface area (Å²) in [6, 6.07) is 0. The summed E-state index contributed by atoms with van der Waals surface area (Å²) in [7, 11) is 0. The van der Waals surface area contributed by atoms with Crippen molar-refractivity contribution in [1.82, 2.24) is 0 Å². The second kappa shape index (κ2) is 6.26. The smallest absolute Gasteiger partial charge is 0.164 e. The van der Waals surface area contributed by atoms with Crippen LogP contribution in [0.3, 0.4) is 0 Å². The van der Waals surface area contributed by atoms with Gasteiger partial charge in [0.15, 0.2) is 5.78 Å². The summed E-state index contributed by atoms with van der Waals surface area (Å²) in [6.07, 6.45) is 8.54. The third-order valence-corrected chi connectivity index (χ3v) is 3.32. The van der Waals surface area contributed by atoms with E-state index in [2.05, 4.69) is 6.92 Å². The van der Waals surface area contributed by atoms with E-state index in [4.69, 9.17) is 4.74 Å². The van der Waals surface area contributed by atoms with E-state index in [0.29, 0.717) is 12.2 Å². The SMILES string of the molecule is CCCCCCC(=O)C1(C)CCCCO1. The van der Waals surface area contributed by atoms with Gasteiger partial charge in [-0.1, -0.05) is 26.2 Å². The zero-order valence-corrected chi connectivity index (χ0v) is 10.2. The van der Waals surface area contributed by atoms with Crippen LogP contribution >= 0.6 is 0 Å². The third kappa shape index (κ3) is 3.94. The lowest BCUT2D eigenvalue weighted by molar-refractivity contribution is -0.148. The van der Waals surface area contributed by atoms with Crippen LogP contribution in [-0.2, 0) is 9.53 Å². The molecule has 1 fully saturated rings. The molecular weight excluding hydrogens is 188 g/mol. The van der Waals surface area contributed by atoms with Gasteiger partial charge in [-0.25, -0.2) is 0 Å². The van der Waals surface area contributed by atoms with Crippen molar-refractivity contribution in [3.05, 3.63) is 0 Å². The summed E-state index contributed by atoms with van der Waals surface area (Å²) in [4.78, 5) is 12.0. The van der Waals surface area contributed by atoms with E-state index >= 15 is 0 Å². The van der Waals surface area contributed by atoms with Gasteiger partial charge in [-0.05, 0) is 32.6 Å². The number of ether oxygens (including phenoxy) is 1. The van der Waals surface area contributed by atoms with E-state index < -0.39 is 5.60 Å². The van der Waals surface area contributed by atoms with Gasteiger partial charge in [0.1, 0.15) is 5.60 Å². The van der Waals surface area contributed by atoms with Gasteiger partial charge in [0.25, 0.3) is 0 Å². The molecule has 0 spiro atoms. The Labute approximate surface area is 93.4 Å². The van der Waals surface area contributed by atoms with Crippen molar-refractivity contribution < 1.29 is 9.53 Å². The number of ketones is 1. The molecule has 0 aliphatic carbocycles. The first-order chi connectivity index (χ1) is 7.19. The molecule has 1 saturated heterocycles. The van der Waals surface area contributed by atoms with E-state index in [1.54, 1.807) is 0 Å². The lowest BCUT2D eigenvalue weighted by Gasteiger charge is -2.32. The Kier molecular flexibility index (Phi) is 5.30. The maximum absolute atomic E-state index is 12.0. The number of carbonyl (C=O) groups is 1. The highest BCUT2D eigenvalue weighted by atomic mass is 16.5. The Morgan fingerprint density at radius 2 is 2.07 bits per heavy atom. The standard InChI is InChI=1S/C13H24O2/c1-3-4-5-6-9-12(14)13(2)10-7-8-11-15-13/h3-11H2,1-2H3. The molecule has 0 N–H and O–H groups in total. The molecule has 0 aromatic carbocycles. The molecular formula is C13H24O2. The molecule has 0 amide bonds. The van der Waals surface area contributed by atoms with Gasteiger partial charge in [0.2, 0.25) is 0 Å². The van der Waals surface area contributed by atoms with E-state index in [0.717, 1.165) is 32.3 Å². The minimum Gasteiger partial charge on any atom is -0.368 e. The summed E-state index contributed by atoms with van der Waals surface area (Å²) < 4.78 is 5.63. The van der Waals surface area contributed by atoms with Crippen molar-refractivity contribution in [2.24, 2.45) is 0 Å². The second-order valence-electron chi connectivity index (χ2n) is 4.77. The molecule has 0 aromatic heterocycles. The molecule has 15 heavy (non-hydrogen) atoms. The van der Waals surface area contributed by atoms with Crippen LogP contribution in [0.4, 0.5) is 0 Å². The fourth-order valence-corrected chi connectivity index (χ4v) is 2.13. The molecule has 0 saturated carbocycles. The molecule has 1 heterocycles. The number of rotatable bonds is 6. The molecule has 1 aliphatic heterocycles. The van der Waals surface area contributed by atoms with Crippen molar-refractivity contribution in [3.8, 4) is 0 Å². The molecule has 0 bridgehead atoms. The van der Waals surface area contributed by atoms with Crippen LogP contribution in [0.25, 0.3) is 0 Å². The molecule has 88 valence electrons. The Bertz CT molecular complexity index is 193. The monoisotopic (exact) mass is 212 g/mol. The van der Waals surface area contributed by atoms with E-state index in [-0.39, 0.29) is 0 Å². The van der Waals surface area contributed by atoms with Crippen LogP contribution in [0.2, 0.25) is 0 Å². The van der Waals surface area contributed by atoms with Gasteiger partial charge < -0.3 is 4.74 Å². The Balaban J connectivity index is 2.25. The average Bonchev–Trinajstić information content (AvgIpc) is 2.25. The van der Waals surface area contributed by atoms with Gasteiger partial charge in [-0.3, -0.25) is 4.79 Å². The molecule has 2 nitrogen and oxygen atoms in total. The second-order valence-corrected chi connectivity index (χ2v) is 4.77. The van der Waals surface area contributed by atoms with Crippen LogP contribution in [0.1, 0.15) is 65.2 Å². The third-order valence-electron chi connectivity index (χ3n) is 3.32. The van der Waals surface area contributed by atoms with Crippen molar-refractivity contribution in [2.75, 3.05) is 6.61 Å². The van der Waals surface area contributed by atoms with E-state index in [1.165, 1.54) is 19.3 Å². The largest absolute Gasteiger partial charge is 0.368 e. The van der Waals surface area contributed by atoms with Crippen LogP contribution < -0.4 is 0 Å². The van der Waals surface area contributed by atoms with Gasteiger partial charge in [0, 0.05) is 13.0 Å². The minimum atomic E-state index is -0.454. The molecule has 0 aromatic rings. The quantitative estimate of drug-likeness (QED) is 0.630. The first kappa shape index (κ1) is 12.7. The van der Waals surface area contributed by atoms with Crippen LogP contribution in [-0.4, -0.2) is 18.0 Å². The Morgan fingerprint density at radius 3 is 2.67 bits per heavy atom. The summed E-state index contributed by atoms with van der Waals surface area (Å²) in [5.74, 6) is 0.318.